The lowest BCUT2D eigenvalue weighted by molar-refractivity contribution is 0.0697. The number of aromatic nitrogens is 2. The van der Waals surface area contributed by atoms with Crippen molar-refractivity contribution >= 4 is 64.0 Å². The molecule has 0 aliphatic rings. The van der Waals surface area contributed by atoms with Crippen molar-refractivity contribution < 1.29 is 9.90 Å². The van der Waals surface area contributed by atoms with Crippen LogP contribution >= 0.6 is 35.6 Å². The van der Waals surface area contributed by atoms with Gasteiger partial charge in [0.05, 0.1) is 16.1 Å². The Labute approximate surface area is 182 Å². The van der Waals surface area contributed by atoms with Gasteiger partial charge in [-0.25, -0.2) is 14.8 Å². The number of carboxylic acids is 1. The van der Waals surface area contributed by atoms with E-state index in [1.165, 1.54) is 12.1 Å². The first kappa shape index (κ1) is 20.9. The lowest BCUT2D eigenvalue weighted by Crippen LogP contribution is -2.00. The van der Waals surface area contributed by atoms with Crippen molar-refractivity contribution in [3.63, 3.8) is 0 Å². The molecule has 4 rings (SSSR count). The van der Waals surface area contributed by atoms with Crippen LogP contribution in [0.1, 0.15) is 10.4 Å². The highest BCUT2D eigenvalue weighted by atomic mass is 35.5. The fourth-order valence-electron chi connectivity index (χ4n) is 2.80. The second-order valence-electron chi connectivity index (χ2n) is 6.04. The number of aromatic carboxylic acids is 1. The predicted octanol–water partition coefficient (Wildman–Crippen LogP) is 6.47. The highest BCUT2D eigenvalue weighted by molar-refractivity contribution is 6.36. The maximum absolute atomic E-state index is 11.0. The van der Waals surface area contributed by atoms with E-state index in [2.05, 4.69) is 15.3 Å². The van der Waals surface area contributed by atoms with Gasteiger partial charge in [-0.1, -0.05) is 35.3 Å². The van der Waals surface area contributed by atoms with Crippen molar-refractivity contribution in [1.29, 1.82) is 0 Å². The zero-order chi connectivity index (χ0) is 19.7. The van der Waals surface area contributed by atoms with Crippen molar-refractivity contribution in [3.05, 3.63) is 82.3 Å². The van der Waals surface area contributed by atoms with Gasteiger partial charge < -0.3 is 10.4 Å². The van der Waals surface area contributed by atoms with Crippen LogP contribution in [-0.4, -0.2) is 21.0 Å². The van der Waals surface area contributed by atoms with Crippen LogP contribution in [0.2, 0.25) is 10.0 Å². The summed E-state index contributed by atoms with van der Waals surface area (Å²) in [6.45, 7) is 0. The lowest BCUT2D eigenvalue weighted by Gasteiger charge is -2.12. The van der Waals surface area contributed by atoms with Gasteiger partial charge in [-0.2, -0.15) is 0 Å². The molecule has 0 amide bonds. The van der Waals surface area contributed by atoms with E-state index in [1.807, 2.05) is 24.3 Å². The monoisotopic (exact) mass is 445 g/mol. The van der Waals surface area contributed by atoms with Gasteiger partial charge in [-0.15, -0.1) is 12.4 Å². The van der Waals surface area contributed by atoms with Gasteiger partial charge in [0.25, 0.3) is 0 Å². The number of hydrogen-bond donors (Lipinski definition) is 2. The third kappa shape index (κ3) is 4.43. The third-order valence-corrected chi connectivity index (χ3v) is 4.72. The molecule has 3 aromatic carbocycles. The van der Waals surface area contributed by atoms with E-state index in [9.17, 15) is 4.79 Å². The number of halogens is 3. The second kappa shape index (κ2) is 8.66. The first-order valence-electron chi connectivity index (χ1n) is 8.34. The minimum Gasteiger partial charge on any atom is -0.478 e. The van der Waals surface area contributed by atoms with Gasteiger partial charge in [0.15, 0.2) is 5.82 Å². The summed E-state index contributed by atoms with van der Waals surface area (Å²) < 4.78 is 0. The molecule has 0 spiro atoms. The SMILES string of the molecule is Cl.O=C(O)c1ccc(Nc2nc(-c3ccc(Cl)cc3Cl)nc3ccccc23)cc1. The Hall–Kier alpha value is -2.86. The molecule has 0 fully saturated rings. The van der Waals surface area contributed by atoms with Crippen LogP contribution < -0.4 is 5.32 Å². The van der Waals surface area contributed by atoms with Gasteiger partial charge in [0, 0.05) is 21.7 Å². The smallest absolute Gasteiger partial charge is 0.335 e. The molecule has 0 bridgehead atoms. The average Bonchev–Trinajstić information content (AvgIpc) is 2.68. The summed E-state index contributed by atoms with van der Waals surface area (Å²) in [5.74, 6) is 0.0819. The molecule has 0 atom stereocenters. The van der Waals surface area contributed by atoms with Crippen LogP contribution in [0.5, 0.6) is 0 Å². The van der Waals surface area contributed by atoms with Crippen LogP contribution in [0.4, 0.5) is 11.5 Å². The molecular formula is C21H14Cl3N3O2. The molecule has 0 radical (unpaired) electrons. The summed E-state index contributed by atoms with van der Waals surface area (Å²) in [6.07, 6.45) is 0. The molecule has 4 aromatic rings. The molecule has 0 saturated heterocycles. The van der Waals surface area contributed by atoms with Crippen LogP contribution in [0.15, 0.2) is 66.7 Å². The summed E-state index contributed by atoms with van der Waals surface area (Å²) >= 11 is 12.3. The summed E-state index contributed by atoms with van der Waals surface area (Å²) in [7, 11) is 0. The zero-order valence-corrected chi connectivity index (χ0v) is 17.1. The minimum absolute atomic E-state index is 0. The number of benzene rings is 3. The van der Waals surface area contributed by atoms with E-state index < -0.39 is 5.97 Å². The minimum atomic E-state index is -0.973. The van der Waals surface area contributed by atoms with Crippen molar-refractivity contribution in [2.24, 2.45) is 0 Å². The van der Waals surface area contributed by atoms with Gasteiger partial charge in [-0.3, -0.25) is 0 Å². The summed E-state index contributed by atoms with van der Waals surface area (Å²) in [5, 5.41) is 14.1. The summed E-state index contributed by atoms with van der Waals surface area (Å²) in [6, 6.07) is 19.2. The number of rotatable bonds is 4. The van der Waals surface area contributed by atoms with Crippen LogP contribution in [0, 0.1) is 0 Å². The Bertz CT molecular complexity index is 1200. The molecule has 1 heterocycles. The number of carboxylic acid groups (broad SMARTS) is 1. The van der Waals surface area contributed by atoms with Gasteiger partial charge in [-0.05, 0) is 54.6 Å². The normalized spacial score (nSPS) is 10.4. The van der Waals surface area contributed by atoms with E-state index in [1.54, 1.807) is 30.3 Å². The largest absolute Gasteiger partial charge is 0.478 e. The average molecular weight is 447 g/mol. The Balaban J connectivity index is 0.00000240. The van der Waals surface area contributed by atoms with E-state index in [0.29, 0.717) is 32.9 Å². The van der Waals surface area contributed by atoms with E-state index in [0.717, 1.165) is 10.9 Å². The molecular weight excluding hydrogens is 433 g/mol. The van der Waals surface area contributed by atoms with E-state index in [-0.39, 0.29) is 18.0 Å². The quantitative estimate of drug-likeness (QED) is 0.376. The molecule has 0 aliphatic heterocycles. The predicted molar refractivity (Wildman–Crippen MR) is 119 cm³/mol. The van der Waals surface area contributed by atoms with Crippen molar-refractivity contribution in [3.8, 4) is 11.4 Å². The maximum atomic E-state index is 11.0. The van der Waals surface area contributed by atoms with Crippen molar-refractivity contribution in [2.75, 3.05) is 5.32 Å². The fourth-order valence-corrected chi connectivity index (χ4v) is 3.29. The molecule has 29 heavy (non-hydrogen) atoms. The molecule has 146 valence electrons. The lowest BCUT2D eigenvalue weighted by atomic mass is 10.1. The first-order chi connectivity index (χ1) is 13.5. The molecule has 1 aromatic heterocycles. The molecule has 5 nitrogen and oxygen atoms in total. The number of fused-ring (bicyclic) bond motifs is 1. The highest BCUT2D eigenvalue weighted by Gasteiger charge is 2.13. The van der Waals surface area contributed by atoms with Crippen LogP contribution in [0.3, 0.4) is 0 Å². The Morgan fingerprint density at radius 1 is 0.931 bits per heavy atom. The Morgan fingerprint density at radius 2 is 1.66 bits per heavy atom. The third-order valence-electron chi connectivity index (χ3n) is 4.17. The zero-order valence-electron chi connectivity index (χ0n) is 14.8. The van der Waals surface area contributed by atoms with E-state index in [4.69, 9.17) is 28.3 Å². The van der Waals surface area contributed by atoms with Gasteiger partial charge in [0.1, 0.15) is 5.82 Å². The summed E-state index contributed by atoms with van der Waals surface area (Å²) in [5.41, 5.74) is 2.35. The fraction of sp³-hybridized carbons (Fsp3) is 0. The number of nitrogens with one attached hydrogen (secondary N) is 1. The number of nitrogens with zero attached hydrogens (tertiary/aromatic N) is 2. The van der Waals surface area contributed by atoms with Crippen molar-refractivity contribution in [1.82, 2.24) is 9.97 Å². The molecule has 0 aliphatic carbocycles. The second-order valence-corrected chi connectivity index (χ2v) is 6.89. The van der Waals surface area contributed by atoms with Gasteiger partial charge in [0.2, 0.25) is 0 Å². The topological polar surface area (TPSA) is 75.1 Å². The Kier molecular flexibility index (Phi) is 6.23. The standard InChI is InChI=1S/C21H13Cl2N3O2.ClH/c22-13-7-10-15(17(23)11-13)19-25-18-4-2-1-3-16(18)20(26-19)24-14-8-5-12(6-9-14)21(27)28;/h1-11H,(H,27,28)(H,24,25,26);1H. The van der Waals surface area contributed by atoms with E-state index >= 15 is 0 Å². The molecule has 8 heteroatoms. The number of para-hydroxylation sites is 1. The number of carbonyl (C=O) groups is 1. The van der Waals surface area contributed by atoms with Crippen molar-refractivity contribution in [2.45, 2.75) is 0 Å². The number of anilines is 2. The summed E-state index contributed by atoms with van der Waals surface area (Å²) in [4.78, 5) is 20.3. The molecule has 0 saturated carbocycles. The first-order valence-corrected chi connectivity index (χ1v) is 9.09. The maximum Gasteiger partial charge on any atom is 0.335 e. The van der Waals surface area contributed by atoms with Crippen LogP contribution in [-0.2, 0) is 0 Å². The van der Waals surface area contributed by atoms with Crippen LogP contribution in [0.25, 0.3) is 22.3 Å². The highest BCUT2D eigenvalue weighted by Crippen LogP contribution is 2.32. The molecule has 2 N–H and O–H groups in total. The van der Waals surface area contributed by atoms with Gasteiger partial charge >= 0.3 is 5.97 Å². The molecule has 0 unspecified atom stereocenters. The Morgan fingerprint density at radius 3 is 2.34 bits per heavy atom. The number of hydrogen-bond acceptors (Lipinski definition) is 4.